The smallest absolute Gasteiger partial charge is 0.267 e. The maximum atomic E-state index is 13.4. The summed E-state index contributed by atoms with van der Waals surface area (Å²) in [5.41, 5.74) is 10.3. The van der Waals surface area contributed by atoms with E-state index in [1.807, 2.05) is 12.1 Å². The summed E-state index contributed by atoms with van der Waals surface area (Å²) in [4.78, 5) is 71.5. The normalized spacial score (nSPS) is 19.0. The molecule has 220 valence electrons. The Morgan fingerprint density at radius 1 is 0.907 bits per heavy atom. The number of fused-ring (bicyclic) bond motifs is 1. The lowest BCUT2D eigenvalue weighted by Gasteiger charge is -2.36. The highest BCUT2D eigenvalue weighted by molar-refractivity contribution is 6.24. The van der Waals surface area contributed by atoms with Crippen LogP contribution in [0.15, 0.2) is 60.8 Å². The van der Waals surface area contributed by atoms with Crippen LogP contribution < -0.4 is 16.0 Å². The third-order valence-electron chi connectivity index (χ3n) is 8.40. The molecule has 1 atom stereocenters. The first kappa shape index (κ1) is 28.2. The number of anilines is 1. The Balaban J connectivity index is 1.04. The molecule has 3 aromatic rings. The van der Waals surface area contributed by atoms with Crippen molar-refractivity contribution in [2.45, 2.75) is 38.3 Å². The van der Waals surface area contributed by atoms with Crippen LogP contribution >= 0.6 is 0 Å². The molecule has 4 heterocycles. The van der Waals surface area contributed by atoms with E-state index in [0.29, 0.717) is 24.0 Å². The van der Waals surface area contributed by atoms with Crippen LogP contribution in [0.3, 0.4) is 0 Å². The number of rotatable bonds is 8. The van der Waals surface area contributed by atoms with Crippen LogP contribution in [0.25, 0.3) is 0 Å². The third kappa shape index (κ3) is 5.76. The molecule has 2 fully saturated rings. The maximum absolute atomic E-state index is 13.4. The van der Waals surface area contributed by atoms with Crippen molar-refractivity contribution in [1.82, 2.24) is 20.1 Å². The third-order valence-corrected chi connectivity index (χ3v) is 8.40. The van der Waals surface area contributed by atoms with E-state index in [1.54, 1.807) is 24.4 Å². The zero-order valence-electron chi connectivity index (χ0n) is 23.6. The van der Waals surface area contributed by atoms with Crippen LogP contribution in [-0.4, -0.2) is 76.5 Å². The molecule has 1 unspecified atom stereocenters. The summed E-state index contributed by atoms with van der Waals surface area (Å²) in [6.07, 6.45) is 3.10. The van der Waals surface area contributed by atoms with E-state index < -0.39 is 35.6 Å². The lowest BCUT2D eigenvalue weighted by molar-refractivity contribution is -0.136. The summed E-state index contributed by atoms with van der Waals surface area (Å²) in [6, 6.07) is 16.3. The summed E-state index contributed by atoms with van der Waals surface area (Å²) in [6.45, 7) is 4.28. The number of nitrogens with zero attached hydrogens (tertiary/aromatic N) is 4. The van der Waals surface area contributed by atoms with E-state index in [1.165, 1.54) is 5.56 Å². The Labute approximate surface area is 248 Å². The predicted molar refractivity (Wildman–Crippen MR) is 157 cm³/mol. The van der Waals surface area contributed by atoms with E-state index in [9.17, 15) is 24.0 Å². The minimum Gasteiger partial charge on any atom is -0.369 e. The Bertz CT molecular complexity index is 1610. The van der Waals surface area contributed by atoms with Crippen molar-refractivity contribution in [3.8, 4) is 0 Å². The Morgan fingerprint density at radius 3 is 2.37 bits per heavy atom. The van der Waals surface area contributed by atoms with Gasteiger partial charge in [-0.2, -0.15) is 0 Å². The van der Waals surface area contributed by atoms with E-state index in [2.05, 4.69) is 44.4 Å². The number of aromatic nitrogens is 1. The summed E-state index contributed by atoms with van der Waals surface area (Å²) >= 11 is 0. The SMILES string of the molecule is NC(=O)c1cc(N2CCN(Cc3ccc(CCc4cccc5c4C(=O)N(C4CCC(=O)NC4=O)C5=O)cc3)CC2)ccn1. The van der Waals surface area contributed by atoms with Gasteiger partial charge in [-0.1, -0.05) is 36.4 Å². The van der Waals surface area contributed by atoms with Crippen LogP contribution in [0.5, 0.6) is 0 Å². The molecule has 43 heavy (non-hydrogen) atoms. The summed E-state index contributed by atoms with van der Waals surface area (Å²) in [5, 5.41) is 2.23. The van der Waals surface area contributed by atoms with E-state index in [-0.39, 0.29) is 18.5 Å². The van der Waals surface area contributed by atoms with Gasteiger partial charge < -0.3 is 10.6 Å². The van der Waals surface area contributed by atoms with Crippen molar-refractivity contribution < 1.29 is 24.0 Å². The summed E-state index contributed by atoms with van der Waals surface area (Å²) < 4.78 is 0. The van der Waals surface area contributed by atoms with Crippen molar-refractivity contribution in [2.24, 2.45) is 5.73 Å². The number of amides is 5. The first-order valence-electron chi connectivity index (χ1n) is 14.4. The van der Waals surface area contributed by atoms with Crippen LogP contribution in [0, 0.1) is 0 Å². The highest BCUT2D eigenvalue weighted by Gasteiger charge is 2.45. The fraction of sp³-hybridized carbons (Fsp3) is 0.312. The molecule has 11 nitrogen and oxygen atoms in total. The van der Waals surface area contributed by atoms with Crippen molar-refractivity contribution in [2.75, 3.05) is 31.1 Å². The van der Waals surface area contributed by atoms with Gasteiger partial charge in [0.05, 0.1) is 11.1 Å². The minimum atomic E-state index is -0.973. The molecule has 6 rings (SSSR count). The van der Waals surface area contributed by atoms with Crippen LogP contribution in [-0.2, 0) is 29.0 Å². The van der Waals surface area contributed by atoms with Gasteiger partial charge in [0, 0.05) is 51.0 Å². The number of benzene rings is 2. The number of carbonyl (C=O) groups is 5. The van der Waals surface area contributed by atoms with Crippen LogP contribution in [0.2, 0.25) is 0 Å². The predicted octanol–water partition coefficient (Wildman–Crippen LogP) is 1.69. The number of primary amides is 1. The van der Waals surface area contributed by atoms with Gasteiger partial charge in [0.2, 0.25) is 11.8 Å². The molecule has 0 spiro atoms. The molecular formula is C32H32N6O5. The molecule has 0 saturated carbocycles. The van der Waals surface area contributed by atoms with Gasteiger partial charge in [0.25, 0.3) is 17.7 Å². The molecule has 0 radical (unpaired) electrons. The highest BCUT2D eigenvalue weighted by atomic mass is 16.2. The first-order chi connectivity index (χ1) is 20.8. The topological polar surface area (TPSA) is 146 Å². The standard InChI is InChI=1S/C32H32N6O5/c33-29(40)25-18-23(12-13-34-25)37-16-14-36(15-17-37)19-21-6-4-20(5-7-21)8-9-22-2-1-3-24-28(22)32(43)38(31(24)42)26-10-11-27(39)35-30(26)41/h1-7,12-13,18,26H,8-11,14-17,19H2,(H2,33,40)(H,35,39,41). The molecule has 3 aliphatic heterocycles. The van der Waals surface area contributed by atoms with Crippen molar-refractivity contribution in [1.29, 1.82) is 0 Å². The van der Waals surface area contributed by atoms with E-state index in [0.717, 1.165) is 54.4 Å². The number of carbonyl (C=O) groups excluding carboxylic acids is 5. The quantitative estimate of drug-likeness (QED) is 0.383. The molecule has 2 saturated heterocycles. The molecule has 5 amide bonds. The molecule has 3 N–H and O–H groups in total. The molecule has 3 aliphatic rings. The van der Waals surface area contributed by atoms with Crippen LogP contribution in [0.4, 0.5) is 5.69 Å². The largest absolute Gasteiger partial charge is 0.369 e. The first-order valence-corrected chi connectivity index (χ1v) is 14.4. The number of pyridine rings is 1. The zero-order valence-corrected chi connectivity index (χ0v) is 23.6. The second kappa shape index (κ2) is 11.8. The van der Waals surface area contributed by atoms with Gasteiger partial charge >= 0.3 is 0 Å². The lowest BCUT2D eigenvalue weighted by Crippen LogP contribution is -2.54. The molecule has 1 aromatic heterocycles. The number of piperazine rings is 1. The number of hydrogen-bond acceptors (Lipinski definition) is 8. The van der Waals surface area contributed by atoms with Gasteiger partial charge in [-0.05, 0) is 54.2 Å². The summed E-state index contributed by atoms with van der Waals surface area (Å²) in [7, 11) is 0. The second-order valence-electron chi connectivity index (χ2n) is 11.1. The van der Waals surface area contributed by atoms with Crippen molar-refractivity contribution in [3.63, 3.8) is 0 Å². The van der Waals surface area contributed by atoms with Crippen molar-refractivity contribution in [3.05, 3.63) is 94.3 Å². The Morgan fingerprint density at radius 2 is 1.65 bits per heavy atom. The lowest BCUT2D eigenvalue weighted by atomic mass is 9.96. The van der Waals surface area contributed by atoms with Crippen LogP contribution in [0.1, 0.15) is 60.7 Å². The average Bonchev–Trinajstić information content (AvgIpc) is 3.27. The zero-order chi connectivity index (χ0) is 30.1. The maximum Gasteiger partial charge on any atom is 0.267 e. The van der Waals surface area contributed by atoms with Gasteiger partial charge in [-0.15, -0.1) is 0 Å². The number of imide groups is 2. The molecular weight excluding hydrogens is 548 g/mol. The Kier molecular flexibility index (Phi) is 7.73. The van der Waals surface area contributed by atoms with E-state index in [4.69, 9.17) is 5.73 Å². The highest BCUT2D eigenvalue weighted by Crippen LogP contribution is 2.30. The molecule has 2 aromatic carbocycles. The summed E-state index contributed by atoms with van der Waals surface area (Å²) in [5.74, 6) is -2.50. The fourth-order valence-electron chi connectivity index (χ4n) is 6.06. The minimum absolute atomic E-state index is 0.0909. The average molecular weight is 581 g/mol. The van der Waals surface area contributed by atoms with E-state index >= 15 is 0 Å². The fourth-order valence-corrected chi connectivity index (χ4v) is 6.06. The van der Waals surface area contributed by atoms with Crippen molar-refractivity contribution >= 4 is 35.2 Å². The number of aryl methyl sites for hydroxylation is 2. The number of nitrogens with one attached hydrogen (secondary N) is 1. The Hall–Kier alpha value is -4.90. The number of piperidine rings is 1. The number of nitrogens with two attached hydrogens (primary N) is 1. The molecule has 0 bridgehead atoms. The van der Waals surface area contributed by atoms with Gasteiger partial charge in [0.1, 0.15) is 11.7 Å². The second-order valence-corrected chi connectivity index (χ2v) is 11.1. The molecule has 0 aliphatic carbocycles. The van der Waals surface area contributed by atoms with Gasteiger partial charge in [0.15, 0.2) is 0 Å². The van der Waals surface area contributed by atoms with Gasteiger partial charge in [-0.25, -0.2) is 0 Å². The van der Waals surface area contributed by atoms with Gasteiger partial charge in [-0.3, -0.25) is 44.1 Å². The number of hydrogen-bond donors (Lipinski definition) is 2. The molecule has 11 heteroatoms. The monoisotopic (exact) mass is 580 g/mol.